The summed E-state index contributed by atoms with van der Waals surface area (Å²) in [6.45, 7) is 6.08. The molecule has 0 aliphatic heterocycles. The Kier molecular flexibility index (Phi) is 5.24. The maximum absolute atomic E-state index is 5.76. The van der Waals surface area contributed by atoms with Crippen molar-refractivity contribution in [3.05, 3.63) is 70.5 Å². The molecule has 0 amide bonds. The Bertz CT molecular complexity index is 1050. The van der Waals surface area contributed by atoms with Crippen LogP contribution < -0.4 is 10.1 Å². The van der Waals surface area contributed by atoms with Crippen LogP contribution in [-0.4, -0.2) is 30.3 Å². The number of fused-ring (bicyclic) bond motifs is 1. The fourth-order valence-corrected chi connectivity index (χ4v) is 4.12. The van der Waals surface area contributed by atoms with Crippen LogP contribution in [0, 0.1) is 20.8 Å². The molecule has 0 saturated heterocycles. The molecule has 5 heteroatoms. The second kappa shape index (κ2) is 7.84. The minimum absolute atomic E-state index is 0.0668. The zero-order chi connectivity index (χ0) is 20.5. The quantitative estimate of drug-likeness (QED) is 0.679. The van der Waals surface area contributed by atoms with Gasteiger partial charge in [-0.1, -0.05) is 24.3 Å². The van der Waals surface area contributed by atoms with Crippen LogP contribution in [0.2, 0.25) is 0 Å². The lowest BCUT2D eigenvalue weighted by Gasteiger charge is -2.23. The summed E-state index contributed by atoms with van der Waals surface area (Å²) in [5, 5.41) is 3.60. The van der Waals surface area contributed by atoms with Crippen LogP contribution in [0.4, 0.5) is 5.82 Å². The van der Waals surface area contributed by atoms with E-state index >= 15 is 0 Å². The molecule has 1 aliphatic rings. The lowest BCUT2D eigenvalue weighted by atomic mass is 10.0. The lowest BCUT2D eigenvalue weighted by Crippen LogP contribution is -2.24. The number of nitrogens with zero attached hydrogens (tertiary/aromatic N) is 2. The number of methoxy groups -OCH3 is 2. The summed E-state index contributed by atoms with van der Waals surface area (Å²) in [5.74, 6) is 1.65. The molecule has 1 aromatic heterocycles. The van der Waals surface area contributed by atoms with Gasteiger partial charge < -0.3 is 14.8 Å². The molecule has 1 heterocycles. The van der Waals surface area contributed by atoms with E-state index in [1.54, 1.807) is 14.2 Å². The summed E-state index contributed by atoms with van der Waals surface area (Å²) < 4.78 is 11.1. The van der Waals surface area contributed by atoms with Gasteiger partial charge in [0.2, 0.25) is 0 Å². The van der Waals surface area contributed by atoms with Gasteiger partial charge in [0.05, 0.1) is 36.3 Å². The molecule has 0 spiro atoms. The van der Waals surface area contributed by atoms with Gasteiger partial charge in [-0.15, -0.1) is 0 Å². The Hall–Kier alpha value is -2.92. The van der Waals surface area contributed by atoms with Gasteiger partial charge >= 0.3 is 0 Å². The number of hydrogen-bond acceptors (Lipinski definition) is 5. The van der Waals surface area contributed by atoms with Crippen molar-refractivity contribution >= 4 is 5.82 Å². The van der Waals surface area contributed by atoms with Gasteiger partial charge in [0.15, 0.2) is 0 Å². The molecule has 2 aromatic carbocycles. The minimum Gasteiger partial charge on any atom is -0.497 e. The minimum atomic E-state index is 0.0668. The summed E-state index contributed by atoms with van der Waals surface area (Å²) in [7, 11) is 3.45. The van der Waals surface area contributed by atoms with E-state index in [9.17, 15) is 0 Å². The maximum atomic E-state index is 5.76. The molecule has 2 unspecified atom stereocenters. The molecule has 1 N–H and O–H groups in total. The van der Waals surface area contributed by atoms with Gasteiger partial charge in [0.25, 0.3) is 0 Å². The monoisotopic (exact) mass is 389 g/mol. The van der Waals surface area contributed by atoms with Gasteiger partial charge in [-0.05, 0) is 55.7 Å². The van der Waals surface area contributed by atoms with E-state index in [1.165, 1.54) is 11.1 Å². The highest BCUT2D eigenvalue weighted by atomic mass is 16.5. The highest BCUT2D eigenvalue weighted by Crippen LogP contribution is 2.36. The van der Waals surface area contributed by atoms with Crippen LogP contribution >= 0.6 is 0 Å². The van der Waals surface area contributed by atoms with Crippen molar-refractivity contribution < 1.29 is 9.47 Å². The lowest BCUT2D eigenvalue weighted by molar-refractivity contribution is 0.0959. The molecule has 4 rings (SSSR count). The van der Waals surface area contributed by atoms with Gasteiger partial charge in [-0.25, -0.2) is 9.97 Å². The van der Waals surface area contributed by atoms with Crippen LogP contribution in [0.1, 0.15) is 34.1 Å². The Balaban J connectivity index is 1.68. The summed E-state index contributed by atoms with van der Waals surface area (Å²) >= 11 is 0. The van der Waals surface area contributed by atoms with E-state index in [-0.39, 0.29) is 12.1 Å². The van der Waals surface area contributed by atoms with Gasteiger partial charge in [0, 0.05) is 19.1 Å². The topological polar surface area (TPSA) is 56.3 Å². The number of rotatable bonds is 5. The largest absolute Gasteiger partial charge is 0.497 e. The Morgan fingerprint density at radius 2 is 1.76 bits per heavy atom. The normalized spacial score (nSPS) is 17.8. The number of hydrogen-bond donors (Lipinski definition) is 1. The standard InChI is InChI=1S/C24H27N3O2/c1-14-12-18(28-4)10-11-19(14)22-15(2)26-24(16(3)25-22)27-23-20-9-7-6-8-17(20)13-21(23)29-5/h6-12,21,23H,13H2,1-5H3,(H,26,27). The van der Waals surface area contributed by atoms with E-state index in [1.807, 2.05) is 32.0 Å². The fraction of sp³-hybridized carbons (Fsp3) is 0.333. The summed E-state index contributed by atoms with van der Waals surface area (Å²) in [6, 6.07) is 14.6. The highest BCUT2D eigenvalue weighted by Gasteiger charge is 2.33. The average Bonchev–Trinajstić information content (AvgIpc) is 3.08. The predicted molar refractivity (Wildman–Crippen MR) is 116 cm³/mol. The molecule has 2 atom stereocenters. The molecular formula is C24H27N3O2. The maximum Gasteiger partial charge on any atom is 0.148 e. The second-order valence-corrected chi connectivity index (χ2v) is 7.57. The number of anilines is 1. The number of nitrogens with one attached hydrogen (secondary N) is 1. The molecule has 1 aliphatic carbocycles. The van der Waals surface area contributed by atoms with Gasteiger partial charge in [0.1, 0.15) is 11.6 Å². The first-order valence-corrected chi connectivity index (χ1v) is 9.89. The van der Waals surface area contributed by atoms with Crippen molar-refractivity contribution in [2.24, 2.45) is 0 Å². The van der Waals surface area contributed by atoms with E-state index in [0.717, 1.165) is 46.2 Å². The summed E-state index contributed by atoms with van der Waals surface area (Å²) in [4.78, 5) is 9.78. The van der Waals surface area contributed by atoms with Crippen LogP contribution in [0.15, 0.2) is 42.5 Å². The van der Waals surface area contributed by atoms with Crippen molar-refractivity contribution in [3.63, 3.8) is 0 Å². The molecule has 3 aromatic rings. The number of benzene rings is 2. The Morgan fingerprint density at radius 3 is 2.48 bits per heavy atom. The van der Waals surface area contributed by atoms with E-state index in [2.05, 4.69) is 36.5 Å². The Morgan fingerprint density at radius 1 is 0.966 bits per heavy atom. The summed E-state index contributed by atoms with van der Waals surface area (Å²) in [6.07, 6.45) is 0.983. The predicted octanol–water partition coefficient (Wildman–Crippen LogP) is 4.80. The van der Waals surface area contributed by atoms with Crippen molar-refractivity contribution in [1.29, 1.82) is 0 Å². The molecule has 0 bridgehead atoms. The average molecular weight is 389 g/mol. The van der Waals surface area contributed by atoms with E-state index in [0.29, 0.717) is 0 Å². The zero-order valence-electron chi connectivity index (χ0n) is 17.6. The first kappa shape index (κ1) is 19.4. The van der Waals surface area contributed by atoms with Crippen LogP contribution in [-0.2, 0) is 11.2 Å². The summed E-state index contributed by atoms with van der Waals surface area (Å²) in [5.41, 5.74) is 7.46. The van der Waals surface area contributed by atoms with E-state index < -0.39 is 0 Å². The van der Waals surface area contributed by atoms with Crippen LogP contribution in [0.3, 0.4) is 0 Å². The molecule has 0 saturated carbocycles. The van der Waals surface area contributed by atoms with Crippen molar-refractivity contribution in [2.45, 2.75) is 39.3 Å². The van der Waals surface area contributed by atoms with Crippen molar-refractivity contribution in [2.75, 3.05) is 19.5 Å². The van der Waals surface area contributed by atoms with Gasteiger partial charge in [-0.2, -0.15) is 0 Å². The van der Waals surface area contributed by atoms with Crippen molar-refractivity contribution in [1.82, 2.24) is 9.97 Å². The second-order valence-electron chi connectivity index (χ2n) is 7.57. The smallest absolute Gasteiger partial charge is 0.148 e. The van der Waals surface area contributed by atoms with Crippen LogP contribution in [0.5, 0.6) is 5.75 Å². The fourth-order valence-electron chi connectivity index (χ4n) is 4.12. The molecule has 0 radical (unpaired) electrons. The van der Waals surface area contributed by atoms with Crippen LogP contribution in [0.25, 0.3) is 11.3 Å². The SMILES string of the molecule is COc1ccc(-c2nc(C)c(NC3c4ccccc4CC3OC)nc2C)c(C)c1. The van der Waals surface area contributed by atoms with E-state index in [4.69, 9.17) is 19.4 Å². The molecule has 0 fully saturated rings. The third-order valence-corrected chi connectivity index (χ3v) is 5.71. The molecule has 29 heavy (non-hydrogen) atoms. The number of aromatic nitrogens is 2. The highest BCUT2D eigenvalue weighted by molar-refractivity contribution is 5.68. The number of aryl methyl sites for hydroxylation is 3. The third-order valence-electron chi connectivity index (χ3n) is 5.71. The molecule has 150 valence electrons. The van der Waals surface area contributed by atoms with Gasteiger partial charge in [-0.3, -0.25) is 0 Å². The molecular weight excluding hydrogens is 362 g/mol. The van der Waals surface area contributed by atoms with Crippen molar-refractivity contribution in [3.8, 4) is 17.0 Å². The first-order valence-electron chi connectivity index (χ1n) is 9.89. The Labute approximate surface area is 172 Å². The zero-order valence-corrected chi connectivity index (χ0v) is 17.6. The molecule has 5 nitrogen and oxygen atoms in total. The third kappa shape index (κ3) is 3.58. The first-order chi connectivity index (χ1) is 14.0. The number of ether oxygens (including phenoxy) is 2.